The van der Waals surface area contributed by atoms with Gasteiger partial charge in [-0.25, -0.2) is 9.55 Å². The molecule has 1 aliphatic rings. The zero-order valence-corrected chi connectivity index (χ0v) is 17.0. The molecule has 1 saturated heterocycles. The highest BCUT2D eigenvalue weighted by Crippen LogP contribution is 2.34. The molecule has 1 aromatic carbocycles. The number of H-pyrrole nitrogens is 1. The Morgan fingerprint density at radius 1 is 1.07 bits per heavy atom. The molecular weight excluding hydrogens is 399 g/mol. The zero-order chi connectivity index (χ0) is 18.8. The SMILES string of the molecule is COc1ccc(N)c(-n2cc(-c3ccc(Cl)cc3)c(N3CCOCC3)c2)[nH+]1.[Cl-]. The Morgan fingerprint density at radius 2 is 1.79 bits per heavy atom. The van der Waals surface area contributed by atoms with E-state index in [-0.39, 0.29) is 12.4 Å². The number of morpholine rings is 1. The average molecular weight is 421 g/mol. The van der Waals surface area contributed by atoms with Gasteiger partial charge in [-0.2, -0.15) is 0 Å². The molecular formula is C20H22Cl2N4O2. The third-order valence-corrected chi connectivity index (χ3v) is 4.97. The molecule has 3 N–H and O–H groups in total. The normalized spacial score (nSPS) is 13.9. The third-order valence-electron chi connectivity index (χ3n) is 4.72. The number of benzene rings is 1. The van der Waals surface area contributed by atoms with E-state index in [1.165, 1.54) is 0 Å². The van der Waals surface area contributed by atoms with Crippen molar-refractivity contribution in [3.8, 4) is 22.8 Å². The van der Waals surface area contributed by atoms with Crippen LogP contribution >= 0.6 is 11.6 Å². The number of nitrogens with two attached hydrogens (primary N) is 1. The lowest BCUT2D eigenvalue weighted by Gasteiger charge is -2.28. The first-order valence-electron chi connectivity index (χ1n) is 8.82. The Hall–Kier alpha value is -2.41. The number of hydrogen-bond donors (Lipinski definition) is 1. The largest absolute Gasteiger partial charge is 1.00 e. The Labute approximate surface area is 175 Å². The van der Waals surface area contributed by atoms with Crippen molar-refractivity contribution in [3.63, 3.8) is 0 Å². The Kier molecular flexibility index (Phi) is 6.34. The van der Waals surface area contributed by atoms with Crippen molar-refractivity contribution in [2.45, 2.75) is 0 Å². The molecule has 1 fully saturated rings. The molecule has 4 rings (SSSR count). The zero-order valence-electron chi connectivity index (χ0n) is 15.5. The molecule has 1 aliphatic heterocycles. The molecule has 6 nitrogen and oxygen atoms in total. The molecule has 0 aliphatic carbocycles. The Morgan fingerprint density at radius 3 is 2.46 bits per heavy atom. The van der Waals surface area contributed by atoms with E-state index in [1.807, 2.05) is 41.0 Å². The lowest BCUT2D eigenvalue weighted by molar-refractivity contribution is -0.387. The van der Waals surface area contributed by atoms with Gasteiger partial charge in [0.15, 0.2) is 0 Å². The van der Waals surface area contributed by atoms with Gasteiger partial charge in [-0.05, 0) is 23.8 Å². The maximum absolute atomic E-state index is 6.21. The van der Waals surface area contributed by atoms with E-state index in [4.69, 9.17) is 26.8 Å². The number of nitrogens with one attached hydrogen (secondary N) is 1. The van der Waals surface area contributed by atoms with Crippen LogP contribution in [0, 0.1) is 0 Å². The van der Waals surface area contributed by atoms with E-state index in [0.717, 1.165) is 54.0 Å². The predicted octanol–water partition coefficient (Wildman–Crippen LogP) is 0.0432. The molecule has 0 unspecified atom stereocenters. The summed E-state index contributed by atoms with van der Waals surface area (Å²) in [5.41, 5.74) is 10.2. The number of halogens is 2. The van der Waals surface area contributed by atoms with E-state index in [0.29, 0.717) is 11.6 Å². The summed E-state index contributed by atoms with van der Waals surface area (Å²) in [6, 6.07) is 11.5. The predicted molar refractivity (Wildman–Crippen MR) is 107 cm³/mol. The summed E-state index contributed by atoms with van der Waals surface area (Å²) < 4.78 is 12.8. The van der Waals surface area contributed by atoms with Gasteiger partial charge in [0.05, 0.1) is 26.0 Å². The van der Waals surface area contributed by atoms with Gasteiger partial charge in [-0.15, -0.1) is 0 Å². The monoisotopic (exact) mass is 420 g/mol. The smallest absolute Gasteiger partial charge is 0.310 e. The molecule has 0 spiro atoms. The maximum atomic E-state index is 6.21. The quantitative estimate of drug-likeness (QED) is 0.647. The molecule has 3 heterocycles. The standard InChI is InChI=1S/C20H21ClN4O2.ClH/c1-26-19-7-6-17(22)20(23-19)25-12-16(14-2-4-15(21)5-3-14)18(13-25)24-8-10-27-11-9-24;/h2-7,12-13H,8-11,22H2,1H3;1H. The fourth-order valence-electron chi connectivity index (χ4n) is 3.29. The number of rotatable bonds is 4. The van der Waals surface area contributed by atoms with Gasteiger partial charge >= 0.3 is 5.82 Å². The van der Waals surface area contributed by atoms with Crippen molar-refractivity contribution in [2.75, 3.05) is 44.0 Å². The minimum absolute atomic E-state index is 0. The highest BCUT2D eigenvalue weighted by molar-refractivity contribution is 6.30. The van der Waals surface area contributed by atoms with Crippen LogP contribution in [0.2, 0.25) is 5.02 Å². The molecule has 148 valence electrons. The van der Waals surface area contributed by atoms with Crippen molar-refractivity contribution < 1.29 is 26.9 Å². The molecule has 0 bridgehead atoms. The highest BCUT2D eigenvalue weighted by Gasteiger charge is 2.23. The summed E-state index contributed by atoms with van der Waals surface area (Å²) in [5, 5.41) is 0.719. The first-order chi connectivity index (χ1) is 13.2. The molecule has 3 aromatic rings. The minimum Gasteiger partial charge on any atom is -1.00 e. The number of nitrogens with zero attached hydrogens (tertiary/aromatic N) is 2. The molecule has 28 heavy (non-hydrogen) atoms. The van der Waals surface area contributed by atoms with Crippen LogP contribution in [-0.4, -0.2) is 38.0 Å². The minimum atomic E-state index is 0. The Balaban J connectivity index is 0.00000225. The van der Waals surface area contributed by atoms with Crippen LogP contribution in [0.15, 0.2) is 48.8 Å². The number of ether oxygens (including phenoxy) is 2. The summed E-state index contributed by atoms with van der Waals surface area (Å²) in [6.45, 7) is 3.14. The topological polar surface area (TPSA) is 66.8 Å². The number of anilines is 2. The fraction of sp³-hybridized carbons (Fsp3) is 0.250. The van der Waals surface area contributed by atoms with Crippen LogP contribution in [-0.2, 0) is 4.74 Å². The summed E-state index contributed by atoms with van der Waals surface area (Å²) in [7, 11) is 1.62. The van der Waals surface area contributed by atoms with Crippen LogP contribution < -0.4 is 32.8 Å². The molecule has 2 aromatic heterocycles. The van der Waals surface area contributed by atoms with Gasteiger partial charge in [-0.1, -0.05) is 23.7 Å². The van der Waals surface area contributed by atoms with E-state index in [1.54, 1.807) is 7.11 Å². The number of pyridine rings is 1. The lowest BCUT2D eigenvalue weighted by Crippen LogP contribution is -3.00. The second-order valence-electron chi connectivity index (χ2n) is 6.40. The maximum Gasteiger partial charge on any atom is 0.310 e. The molecule has 0 radical (unpaired) electrons. The molecule has 0 saturated carbocycles. The fourth-order valence-corrected chi connectivity index (χ4v) is 3.41. The number of methoxy groups -OCH3 is 1. The molecule has 8 heteroatoms. The highest BCUT2D eigenvalue weighted by atomic mass is 35.5. The van der Waals surface area contributed by atoms with Crippen LogP contribution in [0.4, 0.5) is 11.4 Å². The number of nitrogen functional groups attached to an aromatic ring is 1. The van der Waals surface area contributed by atoms with E-state index in [2.05, 4.69) is 22.3 Å². The van der Waals surface area contributed by atoms with E-state index >= 15 is 0 Å². The summed E-state index contributed by atoms with van der Waals surface area (Å²) in [5.74, 6) is 1.41. The summed E-state index contributed by atoms with van der Waals surface area (Å²) in [4.78, 5) is 5.57. The van der Waals surface area contributed by atoms with Gasteiger partial charge in [0.1, 0.15) is 18.1 Å². The Bertz CT molecular complexity index is 938. The second-order valence-corrected chi connectivity index (χ2v) is 6.84. The van der Waals surface area contributed by atoms with Crippen molar-refractivity contribution in [3.05, 3.63) is 53.8 Å². The third kappa shape index (κ3) is 4.04. The average Bonchev–Trinajstić information content (AvgIpc) is 3.15. The van der Waals surface area contributed by atoms with E-state index in [9.17, 15) is 0 Å². The van der Waals surface area contributed by atoms with Crippen molar-refractivity contribution in [1.29, 1.82) is 0 Å². The van der Waals surface area contributed by atoms with Gasteiger partial charge in [0, 0.05) is 29.7 Å². The van der Waals surface area contributed by atoms with Gasteiger partial charge in [0.2, 0.25) is 0 Å². The number of hydrogen-bond acceptors (Lipinski definition) is 4. The van der Waals surface area contributed by atoms with Gasteiger partial charge in [-0.3, -0.25) is 0 Å². The van der Waals surface area contributed by atoms with Crippen LogP contribution in [0.5, 0.6) is 5.88 Å². The number of aromatic amines is 1. The van der Waals surface area contributed by atoms with Gasteiger partial charge in [0.25, 0.3) is 5.88 Å². The summed E-state index contributed by atoms with van der Waals surface area (Å²) in [6.07, 6.45) is 4.17. The first-order valence-corrected chi connectivity index (χ1v) is 9.20. The van der Waals surface area contributed by atoms with E-state index < -0.39 is 0 Å². The lowest BCUT2D eigenvalue weighted by atomic mass is 10.1. The van der Waals surface area contributed by atoms with Crippen LogP contribution in [0.1, 0.15) is 0 Å². The summed E-state index contributed by atoms with van der Waals surface area (Å²) >= 11 is 6.08. The second kappa shape index (κ2) is 8.73. The van der Waals surface area contributed by atoms with Crippen LogP contribution in [0.25, 0.3) is 16.9 Å². The van der Waals surface area contributed by atoms with Gasteiger partial charge < -0.3 is 32.5 Å². The molecule has 0 amide bonds. The van der Waals surface area contributed by atoms with Crippen molar-refractivity contribution >= 4 is 23.0 Å². The van der Waals surface area contributed by atoms with Crippen molar-refractivity contribution in [1.82, 2.24) is 4.57 Å². The van der Waals surface area contributed by atoms with Crippen LogP contribution in [0.3, 0.4) is 0 Å². The first kappa shape index (κ1) is 20.3. The van der Waals surface area contributed by atoms with Crippen molar-refractivity contribution in [2.24, 2.45) is 0 Å². The molecule has 0 atom stereocenters. The number of aromatic nitrogens is 2.